The van der Waals surface area contributed by atoms with Crippen LogP contribution < -0.4 is 60.3 Å². The van der Waals surface area contributed by atoms with E-state index in [1.807, 2.05) is 0 Å². The van der Waals surface area contributed by atoms with Crippen molar-refractivity contribution in [2.75, 3.05) is 11.0 Å². The largest absolute Gasteiger partial charge is 1.00 e. The second-order valence-electron chi connectivity index (χ2n) is 4.31. The molecule has 0 heterocycles. The summed E-state index contributed by atoms with van der Waals surface area (Å²) in [6.07, 6.45) is 1.69. The molecule has 7 nitrogen and oxygen atoms in total. The standard InChI is InChI=1S/C13H13NO6S3.K/c1-21-20-11-5-3-6-12(9-11)22(15,16)14-10-4-2-7-13(8-10)23(17,18)19;/h2-9,14H,1H3,(H,17,18,19);/q;+1/p-1. The Hall–Kier alpha value is -0.114. The summed E-state index contributed by atoms with van der Waals surface area (Å²) >= 11 is 1.07. The average molecular weight is 414 g/mol. The Balaban J connectivity index is 0.00000288. The van der Waals surface area contributed by atoms with Gasteiger partial charge in [-0.1, -0.05) is 12.1 Å². The molecule has 2 rings (SSSR count). The first-order valence-electron chi connectivity index (χ1n) is 6.12. The predicted octanol–water partition coefficient (Wildman–Crippen LogP) is -0.948. The zero-order chi connectivity index (χ0) is 17.1. The molecule has 0 aliphatic carbocycles. The zero-order valence-corrected chi connectivity index (χ0v) is 18.4. The van der Waals surface area contributed by atoms with Crippen LogP contribution in [0.3, 0.4) is 0 Å². The minimum atomic E-state index is -4.67. The maximum absolute atomic E-state index is 12.3. The van der Waals surface area contributed by atoms with Crippen molar-refractivity contribution < 1.29 is 77.0 Å². The molecule has 124 valence electrons. The summed E-state index contributed by atoms with van der Waals surface area (Å²) in [5, 5.41) is 0. The van der Waals surface area contributed by atoms with Crippen LogP contribution in [0, 0.1) is 0 Å². The van der Waals surface area contributed by atoms with Crippen LogP contribution in [0.1, 0.15) is 0 Å². The van der Waals surface area contributed by atoms with Crippen LogP contribution in [0.4, 0.5) is 5.69 Å². The van der Waals surface area contributed by atoms with E-state index in [9.17, 15) is 21.4 Å². The van der Waals surface area contributed by atoms with Crippen molar-refractivity contribution in [3.8, 4) is 5.75 Å². The molecular formula is C13H12KNO6S3. The normalized spacial score (nSPS) is 11.4. The van der Waals surface area contributed by atoms with Gasteiger partial charge >= 0.3 is 51.4 Å². The zero-order valence-electron chi connectivity index (χ0n) is 12.8. The molecule has 0 unspecified atom stereocenters. The Morgan fingerprint density at radius 2 is 1.62 bits per heavy atom. The minimum Gasteiger partial charge on any atom is -0.744 e. The second kappa shape index (κ2) is 9.01. The van der Waals surface area contributed by atoms with E-state index < -0.39 is 25.0 Å². The molecule has 24 heavy (non-hydrogen) atoms. The minimum absolute atomic E-state index is 0. The van der Waals surface area contributed by atoms with Gasteiger partial charge in [-0.2, -0.15) is 0 Å². The van der Waals surface area contributed by atoms with Gasteiger partial charge in [0.05, 0.1) is 27.5 Å². The fourth-order valence-corrected chi connectivity index (χ4v) is 3.62. The van der Waals surface area contributed by atoms with E-state index >= 15 is 0 Å². The number of hydrogen-bond acceptors (Lipinski definition) is 7. The Kier molecular flexibility index (Phi) is 8.23. The van der Waals surface area contributed by atoms with Crippen molar-refractivity contribution in [3.63, 3.8) is 0 Å². The number of hydrogen-bond donors (Lipinski definition) is 1. The fraction of sp³-hybridized carbons (Fsp3) is 0.0769. The van der Waals surface area contributed by atoms with E-state index in [1.54, 1.807) is 12.3 Å². The maximum Gasteiger partial charge on any atom is 1.00 e. The molecule has 11 heteroatoms. The third kappa shape index (κ3) is 6.00. The van der Waals surface area contributed by atoms with Crippen molar-refractivity contribution >= 4 is 37.9 Å². The monoisotopic (exact) mass is 413 g/mol. The van der Waals surface area contributed by atoms with Crippen molar-refractivity contribution in [3.05, 3.63) is 48.5 Å². The summed E-state index contributed by atoms with van der Waals surface area (Å²) in [4.78, 5) is -0.573. The van der Waals surface area contributed by atoms with Gasteiger partial charge in [-0.25, -0.2) is 16.8 Å². The van der Waals surface area contributed by atoms with Crippen LogP contribution in [0.25, 0.3) is 0 Å². The van der Waals surface area contributed by atoms with Crippen LogP contribution in [-0.2, 0) is 20.1 Å². The van der Waals surface area contributed by atoms with Crippen molar-refractivity contribution in [1.82, 2.24) is 0 Å². The molecule has 0 atom stereocenters. The fourth-order valence-electron chi connectivity index (χ4n) is 1.72. The van der Waals surface area contributed by atoms with Crippen molar-refractivity contribution in [2.45, 2.75) is 9.79 Å². The van der Waals surface area contributed by atoms with E-state index in [0.717, 1.165) is 24.2 Å². The van der Waals surface area contributed by atoms with Gasteiger partial charge in [-0.05, 0) is 30.3 Å². The third-order valence-electron chi connectivity index (χ3n) is 2.67. The van der Waals surface area contributed by atoms with E-state index in [4.69, 9.17) is 4.18 Å². The average Bonchev–Trinajstić information content (AvgIpc) is 2.47. The first kappa shape index (κ1) is 21.9. The number of anilines is 1. The number of benzene rings is 2. The molecule has 0 saturated carbocycles. The molecule has 0 saturated heterocycles. The number of rotatable bonds is 6. The first-order chi connectivity index (χ1) is 10.7. The quantitative estimate of drug-likeness (QED) is 0.369. The molecule has 0 aromatic heterocycles. The van der Waals surface area contributed by atoms with Gasteiger partial charge in [0.25, 0.3) is 10.0 Å². The second-order valence-corrected chi connectivity index (χ2v) is 7.87. The molecule has 0 spiro atoms. The molecule has 0 radical (unpaired) electrons. The maximum atomic E-state index is 12.3. The van der Waals surface area contributed by atoms with Crippen LogP contribution in [0.2, 0.25) is 0 Å². The number of sulfonamides is 1. The van der Waals surface area contributed by atoms with E-state index in [-0.39, 0.29) is 62.0 Å². The van der Waals surface area contributed by atoms with Crippen LogP contribution in [0.5, 0.6) is 5.75 Å². The van der Waals surface area contributed by atoms with Gasteiger partial charge in [0, 0.05) is 12.3 Å². The van der Waals surface area contributed by atoms with Gasteiger partial charge in [-0.15, -0.1) is 0 Å². The van der Waals surface area contributed by atoms with Crippen molar-refractivity contribution in [2.24, 2.45) is 0 Å². The van der Waals surface area contributed by atoms with Gasteiger partial charge in [-0.3, -0.25) is 4.72 Å². The molecule has 0 fully saturated rings. The molecule has 0 amide bonds. The SMILES string of the molecule is CSOc1cccc(S(=O)(=O)Nc2cccc(S(=O)(=O)[O-])c2)c1.[K+]. The Labute approximate surface area is 187 Å². The Morgan fingerprint density at radius 1 is 1.00 bits per heavy atom. The molecule has 0 aliphatic rings. The summed E-state index contributed by atoms with van der Waals surface area (Å²) in [5.74, 6) is 0.358. The van der Waals surface area contributed by atoms with Gasteiger partial charge in [0.1, 0.15) is 15.9 Å². The molecule has 2 aromatic carbocycles. The third-order valence-corrected chi connectivity index (χ3v) is 5.24. The molecular weight excluding hydrogens is 401 g/mol. The van der Waals surface area contributed by atoms with Gasteiger partial charge < -0.3 is 8.74 Å². The molecule has 0 aliphatic heterocycles. The summed E-state index contributed by atoms with van der Waals surface area (Å²) in [7, 11) is -8.62. The van der Waals surface area contributed by atoms with Crippen LogP contribution in [0.15, 0.2) is 58.3 Å². The van der Waals surface area contributed by atoms with E-state index in [2.05, 4.69) is 4.72 Å². The Morgan fingerprint density at radius 3 is 2.25 bits per heavy atom. The first-order valence-corrected chi connectivity index (χ1v) is 10.2. The molecule has 0 bridgehead atoms. The van der Waals surface area contributed by atoms with Crippen molar-refractivity contribution in [1.29, 1.82) is 0 Å². The summed E-state index contributed by atoms with van der Waals surface area (Å²) in [6, 6.07) is 10.5. The predicted molar refractivity (Wildman–Crippen MR) is 85.8 cm³/mol. The van der Waals surface area contributed by atoms with Crippen LogP contribution in [-0.4, -0.2) is 27.6 Å². The molecule has 2 aromatic rings. The molecule has 1 N–H and O–H groups in total. The van der Waals surface area contributed by atoms with E-state index in [0.29, 0.717) is 5.75 Å². The van der Waals surface area contributed by atoms with E-state index in [1.165, 1.54) is 30.3 Å². The van der Waals surface area contributed by atoms with Crippen LogP contribution >= 0.6 is 12.0 Å². The number of nitrogens with one attached hydrogen (secondary N) is 1. The summed E-state index contributed by atoms with van der Waals surface area (Å²) in [6.45, 7) is 0. The van der Waals surface area contributed by atoms with Gasteiger partial charge in [0.2, 0.25) is 0 Å². The topological polar surface area (TPSA) is 113 Å². The summed E-state index contributed by atoms with van der Waals surface area (Å²) < 4.78 is 65.0. The van der Waals surface area contributed by atoms with Gasteiger partial charge in [0.15, 0.2) is 0 Å². The summed E-state index contributed by atoms with van der Waals surface area (Å²) in [5.41, 5.74) is -0.0295. The Bertz CT molecular complexity index is 915. The smallest absolute Gasteiger partial charge is 0.744 e.